The molecule has 0 N–H and O–H groups in total. The van der Waals surface area contributed by atoms with E-state index in [4.69, 9.17) is 4.74 Å². The van der Waals surface area contributed by atoms with Gasteiger partial charge in [-0.15, -0.1) is 0 Å². The lowest BCUT2D eigenvalue weighted by atomic mass is 9.93. The molecule has 0 aliphatic carbocycles. The van der Waals surface area contributed by atoms with Crippen molar-refractivity contribution in [2.24, 2.45) is 0 Å². The van der Waals surface area contributed by atoms with Crippen LogP contribution in [0, 0.1) is 6.92 Å². The van der Waals surface area contributed by atoms with Gasteiger partial charge >= 0.3 is 0 Å². The molecule has 2 rings (SSSR count). The molecule has 84 valence electrons. The minimum absolute atomic E-state index is 0.0161. The average Bonchev–Trinajstić information content (AvgIpc) is 2.21. The van der Waals surface area contributed by atoms with Crippen LogP contribution in [0.4, 0.5) is 0 Å². The summed E-state index contributed by atoms with van der Waals surface area (Å²) in [6.45, 7) is 10.4. The van der Waals surface area contributed by atoms with E-state index in [1.807, 2.05) is 13.8 Å². The zero-order valence-corrected chi connectivity index (χ0v) is 10.6. The van der Waals surface area contributed by atoms with Gasteiger partial charge in [-0.3, -0.25) is 0 Å². The number of fused-ring (bicyclic) bond motifs is 1. The molecule has 1 aromatic rings. The molecule has 0 atom stereocenters. The minimum atomic E-state index is 0.0161. The van der Waals surface area contributed by atoms with Crippen molar-refractivity contribution < 1.29 is 4.74 Å². The van der Waals surface area contributed by atoms with Gasteiger partial charge in [0, 0.05) is 0 Å². The van der Waals surface area contributed by atoms with Crippen molar-refractivity contribution in [2.75, 3.05) is 0 Å². The molecule has 1 nitrogen and oxygen atoms in total. The van der Waals surface area contributed by atoms with Gasteiger partial charge in [0.05, 0.1) is 0 Å². The molecular formula is C14H22O. The van der Waals surface area contributed by atoms with Crippen LogP contribution in [0.15, 0.2) is 18.2 Å². The maximum Gasteiger partial charge on any atom is 0.123 e. The van der Waals surface area contributed by atoms with Crippen LogP contribution in [-0.2, 0) is 6.42 Å². The monoisotopic (exact) mass is 206 g/mol. The van der Waals surface area contributed by atoms with Gasteiger partial charge in [0.2, 0.25) is 0 Å². The fourth-order valence-electron chi connectivity index (χ4n) is 1.79. The number of aryl methyl sites for hydroxylation is 2. The summed E-state index contributed by atoms with van der Waals surface area (Å²) in [5.74, 6) is 1.07. The molecular weight excluding hydrogens is 184 g/mol. The largest absolute Gasteiger partial charge is 0.488 e. The maximum atomic E-state index is 5.87. The van der Waals surface area contributed by atoms with E-state index < -0.39 is 0 Å². The summed E-state index contributed by atoms with van der Waals surface area (Å²) in [6, 6.07) is 6.43. The van der Waals surface area contributed by atoms with Gasteiger partial charge in [0.15, 0.2) is 0 Å². The summed E-state index contributed by atoms with van der Waals surface area (Å²) in [5, 5.41) is 0. The molecule has 0 saturated heterocycles. The Kier molecular flexibility index (Phi) is 3.78. The zero-order valence-electron chi connectivity index (χ0n) is 10.6. The number of hydrogen-bond acceptors (Lipinski definition) is 1. The van der Waals surface area contributed by atoms with Gasteiger partial charge in [0.1, 0.15) is 11.4 Å². The third-order valence-electron chi connectivity index (χ3n) is 2.60. The van der Waals surface area contributed by atoms with Crippen molar-refractivity contribution in [3.63, 3.8) is 0 Å². The Hall–Kier alpha value is -0.980. The predicted molar refractivity (Wildman–Crippen MR) is 65.6 cm³/mol. The van der Waals surface area contributed by atoms with E-state index in [1.165, 1.54) is 11.1 Å². The molecule has 1 aliphatic rings. The summed E-state index contributed by atoms with van der Waals surface area (Å²) >= 11 is 0. The van der Waals surface area contributed by atoms with Crippen LogP contribution >= 0.6 is 0 Å². The molecule has 0 amide bonds. The molecule has 0 spiro atoms. The Bertz CT molecular complexity index is 326. The van der Waals surface area contributed by atoms with Crippen LogP contribution in [0.2, 0.25) is 0 Å². The Labute approximate surface area is 93.5 Å². The first kappa shape index (κ1) is 12.1. The molecule has 0 aromatic heterocycles. The van der Waals surface area contributed by atoms with Crippen LogP contribution in [0.1, 0.15) is 45.2 Å². The normalized spacial score (nSPS) is 16.9. The van der Waals surface area contributed by atoms with Crippen LogP contribution in [0.5, 0.6) is 5.75 Å². The fourth-order valence-corrected chi connectivity index (χ4v) is 1.79. The summed E-state index contributed by atoms with van der Waals surface area (Å²) in [7, 11) is 0. The topological polar surface area (TPSA) is 9.23 Å². The lowest BCUT2D eigenvalue weighted by Gasteiger charge is -2.32. The van der Waals surface area contributed by atoms with E-state index in [1.54, 1.807) is 0 Å². The SMILES string of the molecule is CC.Cc1ccc2c(c1)CCC(C)(C)O2. The smallest absolute Gasteiger partial charge is 0.123 e. The van der Waals surface area contributed by atoms with Crippen molar-refractivity contribution in [2.45, 2.75) is 53.1 Å². The Morgan fingerprint density at radius 3 is 2.53 bits per heavy atom. The third kappa shape index (κ3) is 2.98. The van der Waals surface area contributed by atoms with Crippen LogP contribution in [0.3, 0.4) is 0 Å². The van der Waals surface area contributed by atoms with Gasteiger partial charge in [-0.05, 0) is 45.2 Å². The number of benzene rings is 1. The van der Waals surface area contributed by atoms with E-state index in [0.29, 0.717) is 0 Å². The van der Waals surface area contributed by atoms with Crippen LogP contribution in [0.25, 0.3) is 0 Å². The lowest BCUT2D eigenvalue weighted by Crippen LogP contribution is -2.32. The minimum Gasteiger partial charge on any atom is -0.488 e. The second-order valence-electron chi connectivity index (χ2n) is 4.47. The number of hydrogen-bond donors (Lipinski definition) is 0. The first-order valence-corrected chi connectivity index (χ1v) is 5.85. The van der Waals surface area contributed by atoms with Crippen molar-refractivity contribution >= 4 is 0 Å². The van der Waals surface area contributed by atoms with E-state index in [2.05, 4.69) is 39.0 Å². The van der Waals surface area contributed by atoms with Crippen molar-refractivity contribution in [1.82, 2.24) is 0 Å². The highest BCUT2D eigenvalue weighted by atomic mass is 16.5. The van der Waals surface area contributed by atoms with E-state index >= 15 is 0 Å². The molecule has 0 radical (unpaired) electrons. The summed E-state index contributed by atoms with van der Waals surface area (Å²) < 4.78 is 5.87. The van der Waals surface area contributed by atoms with Crippen molar-refractivity contribution in [3.8, 4) is 5.75 Å². The highest BCUT2D eigenvalue weighted by Crippen LogP contribution is 2.33. The van der Waals surface area contributed by atoms with Crippen LogP contribution < -0.4 is 4.74 Å². The second-order valence-corrected chi connectivity index (χ2v) is 4.47. The molecule has 0 fully saturated rings. The molecule has 1 aliphatic heterocycles. The molecule has 0 saturated carbocycles. The maximum absolute atomic E-state index is 5.87. The molecule has 1 aromatic carbocycles. The van der Waals surface area contributed by atoms with E-state index in [9.17, 15) is 0 Å². The summed E-state index contributed by atoms with van der Waals surface area (Å²) in [6.07, 6.45) is 2.26. The lowest BCUT2D eigenvalue weighted by molar-refractivity contribution is 0.0846. The van der Waals surface area contributed by atoms with Crippen molar-refractivity contribution in [3.05, 3.63) is 29.3 Å². The first-order chi connectivity index (χ1) is 7.07. The summed E-state index contributed by atoms with van der Waals surface area (Å²) in [5.41, 5.74) is 2.70. The van der Waals surface area contributed by atoms with E-state index in [0.717, 1.165) is 18.6 Å². The Balaban J connectivity index is 0.000000531. The van der Waals surface area contributed by atoms with E-state index in [-0.39, 0.29) is 5.60 Å². The fraction of sp³-hybridized carbons (Fsp3) is 0.571. The van der Waals surface area contributed by atoms with Gasteiger partial charge in [0.25, 0.3) is 0 Å². The molecule has 0 bridgehead atoms. The average molecular weight is 206 g/mol. The quantitative estimate of drug-likeness (QED) is 0.620. The first-order valence-electron chi connectivity index (χ1n) is 5.85. The molecule has 15 heavy (non-hydrogen) atoms. The highest BCUT2D eigenvalue weighted by Gasteiger charge is 2.25. The van der Waals surface area contributed by atoms with Gasteiger partial charge in [-0.25, -0.2) is 0 Å². The second kappa shape index (κ2) is 4.69. The Morgan fingerprint density at radius 1 is 1.20 bits per heavy atom. The van der Waals surface area contributed by atoms with Crippen molar-refractivity contribution in [1.29, 1.82) is 0 Å². The molecule has 0 unspecified atom stereocenters. The number of rotatable bonds is 0. The standard InChI is InChI=1S/C12H16O.C2H6/c1-9-4-5-11-10(8-9)6-7-12(2,3)13-11;1-2/h4-5,8H,6-7H2,1-3H3;1-2H3. The molecule has 1 heteroatoms. The Morgan fingerprint density at radius 2 is 1.87 bits per heavy atom. The summed E-state index contributed by atoms with van der Waals surface area (Å²) in [4.78, 5) is 0. The predicted octanol–water partition coefficient (Wildman–Crippen LogP) is 4.12. The van der Waals surface area contributed by atoms with Gasteiger partial charge in [-0.2, -0.15) is 0 Å². The van der Waals surface area contributed by atoms with Crippen LogP contribution in [-0.4, -0.2) is 5.60 Å². The highest BCUT2D eigenvalue weighted by molar-refractivity contribution is 5.38. The third-order valence-corrected chi connectivity index (χ3v) is 2.60. The number of ether oxygens (including phenoxy) is 1. The zero-order chi connectivity index (χ0) is 11.5. The molecule has 1 heterocycles. The van der Waals surface area contributed by atoms with Gasteiger partial charge < -0.3 is 4.74 Å². The van der Waals surface area contributed by atoms with Gasteiger partial charge in [-0.1, -0.05) is 31.5 Å².